The van der Waals surface area contributed by atoms with Crippen LogP contribution < -0.4 is 20.6 Å². The topological polar surface area (TPSA) is 117 Å². The van der Waals surface area contributed by atoms with Crippen molar-refractivity contribution in [3.8, 4) is 0 Å². The van der Waals surface area contributed by atoms with Gasteiger partial charge < -0.3 is 15.6 Å². The number of thiophene rings is 1. The fourth-order valence-corrected chi connectivity index (χ4v) is 4.46. The fourth-order valence-electron chi connectivity index (χ4n) is 3.48. The number of aromatic nitrogens is 3. The van der Waals surface area contributed by atoms with Gasteiger partial charge >= 0.3 is 5.88 Å². The van der Waals surface area contributed by atoms with E-state index in [2.05, 4.69) is 21.3 Å². The van der Waals surface area contributed by atoms with Gasteiger partial charge in [-0.05, 0) is 30.9 Å². The van der Waals surface area contributed by atoms with Gasteiger partial charge in [0.05, 0.1) is 41.7 Å². The molecule has 27 heavy (non-hydrogen) atoms. The predicted molar refractivity (Wildman–Crippen MR) is 97.7 cm³/mol. The molecule has 3 aromatic rings. The van der Waals surface area contributed by atoms with Gasteiger partial charge in [-0.25, -0.2) is 9.98 Å². The summed E-state index contributed by atoms with van der Waals surface area (Å²) >= 11 is 1.28. The highest BCUT2D eigenvalue weighted by Crippen LogP contribution is 2.35. The van der Waals surface area contributed by atoms with Gasteiger partial charge in [0.1, 0.15) is 4.83 Å². The Kier molecular flexibility index (Phi) is 3.94. The zero-order valence-corrected chi connectivity index (χ0v) is 15.4. The zero-order chi connectivity index (χ0) is 18.4. The third-order valence-electron chi connectivity index (χ3n) is 4.88. The summed E-state index contributed by atoms with van der Waals surface area (Å²) in [4.78, 5) is 11.4. The summed E-state index contributed by atoms with van der Waals surface area (Å²) in [5.41, 5.74) is 9.00. The molecule has 0 spiro atoms. The molecule has 1 fully saturated rings. The first-order chi connectivity index (χ1) is 13.2. The molecule has 0 saturated carbocycles. The van der Waals surface area contributed by atoms with Crippen molar-refractivity contribution in [3.63, 3.8) is 0 Å². The van der Waals surface area contributed by atoms with E-state index in [1.54, 1.807) is 11.0 Å². The normalized spacial score (nSPS) is 17.6. The Balaban J connectivity index is 1.46. The van der Waals surface area contributed by atoms with Crippen LogP contribution >= 0.6 is 11.3 Å². The molecule has 10 heteroatoms. The van der Waals surface area contributed by atoms with Crippen LogP contribution in [0, 0.1) is 0 Å². The number of fused-ring (bicyclic) bond motifs is 2. The van der Waals surface area contributed by atoms with Crippen LogP contribution in [0.2, 0.25) is 0 Å². The number of hydrogen-bond acceptors (Lipinski definition) is 9. The highest BCUT2D eigenvalue weighted by molar-refractivity contribution is 7.21. The number of nitrogen functional groups attached to an aromatic ring is 1. The SMILES string of the molecule is Nc1c(/C([O-])=N/c2c[n+](N3CCOCC3)no2)sc2nc3c(cc12)CCC3. The summed E-state index contributed by atoms with van der Waals surface area (Å²) in [5, 5.41) is 19.4. The van der Waals surface area contributed by atoms with Crippen LogP contribution in [-0.4, -0.2) is 42.5 Å². The van der Waals surface area contributed by atoms with E-state index in [9.17, 15) is 5.11 Å². The average Bonchev–Trinajstić information content (AvgIpc) is 3.40. The number of nitrogens with zero attached hydrogens (tertiary/aromatic N) is 5. The highest BCUT2D eigenvalue weighted by atomic mass is 32.1. The largest absolute Gasteiger partial charge is 0.857 e. The van der Waals surface area contributed by atoms with E-state index in [0.717, 1.165) is 35.2 Å². The van der Waals surface area contributed by atoms with E-state index >= 15 is 0 Å². The van der Waals surface area contributed by atoms with E-state index in [1.807, 2.05) is 5.01 Å². The van der Waals surface area contributed by atoms with Crippen LogP contribution in [0.3, 0.4) is 0 Å². The van der Waals surface area contributed by atoms with Gasteiger partial charge in [-0.2, -0.15) is 0 Å². The van der Waals surface area contributed by atoms with Gasteiger partial charge in [-0.3, -0.25) is 4.52 Å². The maximum atomic E-state index is 12.6. The van der Waals surface area contributed by atoms with E-state index in [4.69, 9.17) is 15.0 Å². The minimum atomic E-state index is -0.444. The van der Waals surface area contributed by atoms with Gasteiger partial charge in [0.2, 0.25) is 5.27 Å². The van der Waals surface area contributed by atoms with Crippen LogP contribution in [-0.2, 0) is 17.6 Å². The number of ether oxygens (including phenoxy) is 1. The molecular weight excluding hydrogens is 368 g/mol. The first-order valence-corrected chi connectivity index (χ1v) is 9.69. The molecule has 4 heterocycles. The number of rotatable bonds is 3. The highest BCUT2D eigenvalue weighted by Gasteiger charge is 2.23. The summed E-state index contributed by atoms with van der Waals surface area (Å²) in [5.74, 6) is -0.306. The van der Waals surface area contributed by atoms with Crippen molar-refractivity contribution in [3.05, 3.63) is 28.4 Å². The van der Waals surface area contributed by atoms with Crippen molar-refractivity contribution in [2.24, 2.45) is 4.99 Å². The van der Waals surface area contributed by atoms with Crippen molar-refractivity contribution in [2.75, 3.05) is 37.0 Å². The molecule has 0 aromatic carbocycles. The van der Waals surface area contributed by atoms with E-state index in [1.165, 1.54) is 16.9 Å². The number of aliphatic imine (C=N–C) groups is 1. The van der Waals surface area contributed by atoms with Gasteiger partial charge in [-0.15, -0.1) is 16.3 Å². The van der Waals surface area contributed by atoms with E-state index in [0.29, 0.717) is 36.9 Å². The lowest BCUT2D eigenvalue weighted by Crippen LogP contribution is -2.62. The number of aryl methyl sites for hydroxylation is 2. The number of nitrogens with two attached hydrogens (primary N) is 1. The minimum absolute atomic E-state index is 0.138. The fraction of sp³-hybridized carbons (Fsp3) is 0.412. The van der Waals surface area contributed by atoms with Crippen molar-refractivity contribution >= 4 is 39.0 Å². The maximum Gasteiger partial charge on any atom is 0.324 e. The Morgan fingerprint density at radius 1 is 1.33 bits per heavy atom. The molecule has 140 valence electrons. The maximum absolute atomic E-state index is 12.6. The molecule has 0 bridgehead atoms. The number of hydrogen-bond donors (Lipinski definition) is 1. The second-order valence-electron chi connectivity index (χ2n) is 6.59. The lowest BCUT2D eigenvalue weighted by Gasteiger charge is -2.18. The molecule has 0 amide bonds. The Morgan fingerprint density at radius 2 is 2.19 bits per heavy atom. The molecule has 0 unspecified atom stereocenters. The quantitative estimate of drug-likeness (QED) is 0.384. The van der Waals surface area contributed by atoms with Crippen LogP contribution in [0.4, 0.5) is 11.6 Å². The second kappa shape index (κ2) is 6.46. The third kappa shape index (κ3) is 2.90. The molecule has 2 aliphatic rings. The Labute approximate surface area is 158 Å². The third-order valence-corrected chi connectivity index (χ3v) is 5.98. The molecule has 1 aliphatic heterocycles. The number of morpholine rings is 1. The van der Waals surface area contributed by atoms with E-state index < -0.39 is 5.90 Å². The van der Waals surface area contributed by atoms with Crippen molar-refractivity contribution < 1.29 is 19.2 Å². The van der Waals surface area contributed by atoms with E-state index in [-0.39, 0.29) is 5.88 Å². The molecule has 0 atom stereocenters. The average molecular weight is 386 g/mol. The van der Waals surface area contributed by atoms with Crippen molar-refractivity contribution in [1.29, 1.82) is 0 Å². The zero-order valence-electron chi connectivity index (χ0n) is 14.6. The van der Waals surface area contributed by atoms with Crippen LogP contribution in [0.15, 0.2) is 21.8 Å². The van der Waals surface area contributed by atoms with Gasteiger partial charge in [0.25, 0.3) is 6.20 Å². The number of anilines is 1. The lowest BCUT2D eigenvalue weighted by atomic mass is 10.1. The van der Waals surface area contributed by atoms with Crippen LogP contribution in [0.25, 0.3) is 10.2 Å². The predicted octanol–water partition coefficient (Wildman–Crippen LogP) is 0.0495. The first-order valence-electron chi connectivity index (χ1n) is 8.87. The minimum Gasteiger partial charge on any atom is -0.857 e. The summed E-state index contributed by atoms with van der Waals surface area (Å²) < 4.78 is 10.5. The molecule has 2 N–H and O–H groups in total. The summed E-state index contributed by atoms with van der Waals surface area (Å²) in [7, 11) is 0. The lowest BCUT2D eigenvalue weighted by molar-refractivity contribution is -0.759. The standard InChI is InChI=1S/C17H18N6O3S/c18-14-11-8-10-2-1-3-12(10)19-17(11)27-15(14)16(24)20-13-9-23(21-26-13)22-4-6-25-7-5-22/h8-9H,1-7H2,(H2-,18,20,21,24). The molecule has 0 radical (unpaired) electrons. The van der Waals surface area contributed by atoms with Gasteiger partial charge in [0.15, 0.2) is 0 Å². The van der Waals surface area contributed by atoms with Crippen LogP contribution in [0.5, 0.6) is 0 Å². The Hall–Kier alpha value is -2.72. The summed E-state index contributed by atoms with van der Waals surface area (Å²) in [6, 6.07) is 2.06. The molecular formula is C17H18N6O3S. The summed E-state index contributed by atoms with van der Waals surface area (Å²) in [6.45, 7) is 2.65. The molecule has 1 aliphatic carbocycles. The van der Waals surface area contributed by atoms with Gasteiger partial charge in [0, 0.05) is 17.0 Å². The molecule has 3 aromatic heterocycles. The number of pyridine rings is 1. The Bertz CT molecular complexity index is 1040. The summed E-state index contributed by atoms with van der Waals surface area (Å²) in [6.07, 6.45) is 4.70. The van der Waals surface area contributed by atoms with Crippen molar-refractivity contribution in [2.45, 2.75) is 19.3 Å². The molecule has 5 rings (SSSR count). The molecule has 1 saturated heterocycles. The smallest absolute Gasteiger partial charge is 0.324 e. The van der Waals surface area contributed by atoms with Crippen LogP contribution in [0.1, 0.15) is 22.6 Å². The second-order valence-corrected chi connectivity index (χ2v) is 7.59. The van der Waals surface area contributed by atoms with Gasteiger partial charge in [-0.1, -0.05) is 0 Å². The first kappa shape index (κ1) is 16.5. The monoisotopic (exact) mass is 386 g/mol. The molecule has 9 nitrogen and oxygen atoms in total. The Morgan fingerprint density at radius 3 is 3.04 bits per heavy atom. The van der Waals surface area contributed by atoms with Crippen molar-refractivity contribution in [1.82, 2.24) is 10.3 Å².